The first-order valence-electron chi connectivity index (χ1n) is 9.44. The van der Waals surface area contributed by atoms with E-state index < -0.39 is 43.4 Å². The van der Waals surface area contributed by atoms with Crippen LogP contribution in [0.15, 0.2) is 15.8 Å². The number of rotatable bonds is 7. The highest BCUT2D eigenvalue weighted by atomic mass is 31.2. The van der Waals surface area contributed by atoms with E-state index in [1.165, 1.54) is 10.8 Å². The third-order valence-electron chi connectivity index (χ3n) is 4.79. The zero-order valence-electron chi connectivity index (χ0n) is 16.5. The number of phosphoric acid groups is 1. The van der Waals surface area contributed by atoms with Crippen LogP contribution < -0.4 is 11.2 Å². The van der Waals surface area contributed by atoms with Crippen molar-refractivity contribution in [1.82, 2.24) is 9.55 Å². The number of ether oxygens (including phenoxy) is 2. The SMILES string of the molecule is CCOC(=O)[C@@H](C)CCO[P@]1(=O)OC[C@@H]2O[C@H](n3cc(C)c(=O)[nH]c3=O)C[C@H]2O1. The minimum atomic E-state index is -3.81. The van der Waals surface area contributed by atoms with Gasteiger partial charge in [0.05, 0.1) is 25.7 Å². The fraction of sp³-hybridized carbons (Fsp3) is 0.706. The summed E-state index contributed by atoms with van der Waals surface area (Å²) in [6.07, 6.45) is 0.147. The molecule has 3 heterocycles. The molecule has 2 aliphatic heterocycles. The summed E-state index contributed by atoms with van der Waals surface area (Å²) in [7, 11) is -3.81. The van der Waals surface area contributed by atoms with E-state index in [-0.39, 0.29) is 32.2 Å². The van der Waals surface area contributed by atoms with Gasteiger partial charge in [-0.15, -0.1) is 0 Å². The van der Waals surface area contributed by atoms with Crippen molar-refractivity contribution in [3.8, 4) is 0 Å². The largest absolute Gasteiger partial charge is 0.475 e. The summed E-state index contributed by atoms with van der Waals surface area (Å²) in [5, 5.41) is 0. The Morgan fingerprint density at radius 1 is 1.41 bits per heavy atom. The van der Waals surface area contributed by atoms with Gasteiger partial charge < -0.3 is 9.47 Å². The van der Waals surface area contributed by atoms with Crippen molar-refractivity contribution in [1.29, 1.82) is 0 Å². The van der Waals surface area contributed by atoms with Crippen LogP contribution in [0, 0.1) is 12.8 Å². The molecule has 2 aliphatic rings. The molecule has 3 rings (SSSR count). The lowest BCUT2D eigenvalue weighted by atomic mass is 10.1. The monoisotopic (exact) mass is 432 g/mol. The van der Waals surface area contributed by atoms with Crippen molar-refractivity contribution in [3.05, 3.63) is 32.6 Å². The Morgan fingerprint density at radius 3 is 2.90 bits per heavy atom. The molecule has 0 spiro atoms. The third kappa shape index (κ3) is 5.04. The minimum absolute atomic E-state index is 0.00247. The standard InChI is InChI=1S/C17H25N2O9P/c1-4-24-16(21)10(2)5-6-25-29(23)26-9-13-12(28-29)7-14(27-13)19-8-11(3)15(20)18-17(19)22/h8,10,12-14H,4-7,9H2,1-3H3,(H,18,20,22)/t10-,12+,13-,14-,29+/m0/s1. The lowest BCUT2D eigenvalue weighted by molar-refractivity contribution is -0.147. The molecule has 0 unspecified atom stereocenters. The van der Waals surface area contributed by atoms with Crippen LogP contribution in [0.4, 0.5) is 0 Å². The van der Waals surface area contributed by atoms with Gasteiger partial charge in [-0.3, -0.25) is 32.7 Å². The van der Waals surface area contributed by atoms with Gasteiger partial charge in [-0.25, -0.2) is 9.36 Å². The van der Waals surface area contributed by atoms with Crippen molar-refractivity contribution in [2.24, 2.45) is 5.92 Å². The maximum absolute atomic E-state index is 12.7. The number of carbonyl (C=O) groups is 1. The first kappa shape index (κ1) is 21.9. The molecule has 0 amide bonds. The number of esters is 1. The van der Waals surface area contributed by atoms with E-state index in [9.17, 15) is 18.9 Å². The Morgan fingerprint density at radius 2 is 2.17 bits per heavy atom. The number of aryl methyl sites for hydroxylation is 1. The average Bonchev–Trinajstić information content (AvgIpc) is 3.07. The van der Waals surface area contributed by atoms with Crippen molar-refractivity contribution in [2.75, 3.05) is 19.8 Å². The summed E-state index contributed by atoms with van der Waals surface area (Å²) in [6, 6.07) is 0. The van der Waals surface area contributed by atoms with Crippen molar-refractivity contribution >= 4 is 13.8 Å². The van der Waals surface area contributed by atoms with E-state index >= 15 is 0 Å². The Bertz CT molecular complexity index is 911. The fourth-order valence-corrected chi connectivity index (χ4v) is 4.51. The van der Waals surface area contributed by atoms with Crippen molar-refractivity contribution in [3.63, 3.8) is 0 Å². The van der Waals surface area contributed by atoms with Crippen LogP contribution in [0.2, 0.25) is 0 Å². The van der Waals surface area contributed by atoms with E-state index in [4.69, 9.17) is 23.0 Å². The highest BCUT2D eigenvalue weighted by Crippen LogP contribution is 2.56. The highest BCUT2D eigenvalue weighted by Gasteiger charge is 2.48. The molecular formula is C17H25N2O9P. The molecule has 5 atom stereocenters. The Balaban J connectivity index is 1.58. The van der Waals surface area contributed by atoms with Gasteiger partial charge in [0.25, 0.3) is 5.56 Å². The van der Waals surface area contributed by atoms with Crippen molar-refractivity contribution in [2.45, 2.75) is 52.0 Å². The number of fused-ring (bicyclic) bond motifs is 1. The maximum Gasteiger partial charge on any atom is 0.475 e. The molecule has 162 valence electrons. The highest BCUT2D eigenvalue weighted by molar-refractivity contribution is 7.48. The number of hydrogen-bond donors (Lipinski definition) is 1. The van der Waals surface area contributed by atoms with Crippen molar-refractivity contribution < 1.29 is 32.4 Å². The predicted molar refractivity (Wildman–Crippen MR) is 99.4 cm³/mol. The minimum Gasteiger partial charge on any atom is -0.466 e. The molecule has 2 fully saturated rings. The second-order valence-corrected chi connectivity index (χ2v) is 8.63. The van der Waals surface area contributed by atoms with E-state index in [1.54, 1.807) is 20.8 Å². The smallest absolute Gasteiger partial charge is 0.466 e. The number of carbonyl (C=O) groups excluding carboxylic acids is 1. The Hall–Kier alpha value is -1.78. The summed E-state index contributed by atoms with van der Waals surface area (Å²) < 4.78 is 40.7. The molecule has 1 N–H and O–H groups in total. The lowest BCUT2D eigenvalue weighted by Crippen LogP contribution is -2.34. The second-order valence-electron chi connectivity index (χ2n) is 7.01. The summed E-state index contributed by atoms with van der Waals surface area (Å²) in [5.41, 5.74) is -0.696. The molecule has 0 bridgehead atoms. The summed E-state index contributed by atoms with van der Waals surface area (Å²) in [5.74, 6) is -0.762. The number of H-pyrrole nitrogens is 1. The molecular weight excluding hydrogens is 407 g/mol. The zero-order valence-corrected chi connectivity index (χ0v) is 17.4. The maximum atomic E-state index is 12.7. The predicted octanol–water partition coefficient (Wildman–Crippen LogP) is 1.26. The van der Waals surface area contributed by atoms with E-state index in [1.807, 2.05) is 0 Å². The quantitative estimate of drug-likeness (QED) is 0.499. The van der Waals surface area contributed by atoms with Gasteiger partial charge in [-0.05, 0) is 20.3 Å². The fourth-order valence-electron chi connectivity index (χ4n) is 3.10. The molecule has 0 saturated carbocycles. The average molecular weight is 432 g/mol. The van der Waals surface area contributed by atoms with Crippen LogP contribution >= 0.6 is 7.82 Å². The molecule has 2 saturated heterocycles. The third-order valence-corrected chi connectivity index (χ3v) is 6.28. The summed E-state index contributed by atoms with van der Waals surface area (Å²) in [4.78, 5) is 37.4. The number of nitrogens with one attached hydrogen (secondary N) is 1. The van der Waals surface area contributed by atoms with Gasteiger partial charge in [0, 0.05) is 18.2 Å². The molecule has 12 heteroatoms. The first-order valence-corrected chi connectivity index (χ1v) is 10.9. The molecule has 1 aromatic rings. The topological polar surface area (TPSA) is 135 Å². The van der Waals surface area contributed by atoms with Gasteiger partial charge >= 0.3 is 19.5 Å². The Labute approximate surface area is 166 Å². The summed E-state index contributed by atoms with van der Waals surface area (Å²) >= 11 is 0. The van der Waals surface area contributed by atoms with E-state index in [0.717, 1.165) is 0 Å². The molecule has 29 heavy (non-hydrogen) atoms. The second kappa shape index (κ2) is 8.93. The zero-order chi connectivity index (χ0) is 21.2. The lowest BCUT2D eigenvalue weighted by Gasteiger charge is -2.29. The summed E-state index contributed by atoms with van der Waals surface area (Å²) in [6.45, 7) is 5.25. The van der Waals surface area contributed by atoms with Crippen LogP contribution in [-0.2, 0) is 32.4 Å². The van der Waals surface area contributed by atoms with Gasteiger partial charge in [-0.2, -0.15) is 0 Å². The van der Waals surface area contributed by atoms with E-state index in [0.29, 0.717) is 12.0 Å². The number of aromatic nitrogens is 2. The van der Waals surface area contributed by atoms with Gasteiger partial charge in [0.2, 0.25) is 0 Å². The van der Waals surface area contributed by atoms with Gasteiger partial charge in [0.1, 0.15) is 18.4 Å². The van der Waals surface area contributed by atoms with Gasteiger partial charge in [0.15, 0.2) is 0 Å². The Kier molecular flexibility index (Phi) is 6.75. The molecule has 11 nitrogen and oxygen atoms in total. The molecule has 1 aromatic heterocycles. The van der Waals surface area contributed by atoms with Crippen LogP contribution in [0.1, 0.15) is 38.5 Å². The molecule has 0 aliphatic carbocycles. The van der Waals surface area contributed by atoms with Crippen LogP contribution in [0.25, 0.3) is 0 Å². The number of phosphoric ester groups is 1. The number of nitrogens with zero attached hydrogens (tertiary/aromatic N) is 1. The molecule has 0 aromatic carbocycles. The molecule has 0 radical (unpaired) electrons. The van der Waals surface area contributed by atoms with Crippen LogP contribution in [0.5, 0.6) is 0 Å². The number of aromatic amines is 1. The van der Waals surface area contributed by atoms with E-state index in [2.05, 4.69) is 4.98 Å². The number of hydrogen-bond acceptors (Lipinski definition) is 9. The van der Waals surface area contributed by atoms with Crippen LogP contribution in [0.3, 0.4) is 0 Å². The first-order chi connectivity index (χ1) is 13.7. The normalized spacial score (nSPS) is 30.0. The van der Waals surface area contributed by atoms with Gasteiger partial charge in [-0.1, -0.05) is 6.92 Å². The van der Waals surface area contributed by atoms with Crippen LogP contribution in [-0.4, -0.2) is 47.5 Å².